The molecule has 0 aliphatic carbocycles. The molecule has 21 heavy (non-hydrogen) atoms. The third-order valence-corrected chi connectivity index (χ3v) is 3.49. The Morgan fingerprint density at radius 2 is 1.81 bits per heavy atom. The Bertz CT molecular complexity index is 630. The molecule has 0 N–H and O–H groups in total. The highest BCUT2D eigenvalue weighted by atomic mass is 19.1. The molecule has 2 nitrogen and oxygen atoms in total. The van der Waals surface area contributed by atoms with Gasteiger partial charge < -0.3 is 4.74 Å². The van der Waals surface area contributed by atoms with E-state index in [1.807, 2.05) is 24.3 Å². The summed E-state index contributed by atoms with van der Waals surface area (Å²) in [5.41, 5.74) is 2.21. The van der Waals surface area contributed by atoms with Crippen molar-refractivity contribution in [3.05, 3.63) is 65.0 Å². The third kappa shape index (κ3) is 3.69. The molecule has 0 saturated heterocycles. The van der Waals surface area contributed by atoms with E-state index in [2.05, 4.69) is 13.8 Å². The number of hydrogen-bond acceptors (Lipinski definition) is 2. The fourth-order valence-corrected chi connectivity index (χ4v) is 2.15. The number of carbonyl (C=O) groups is 1. The lowest BCUT2D eigenvalue weighted by Crippen LogP contribution is -2.06. The van der Waals surface area contributed by atoms with Gasteiger partial charge in [0.05, 0.1) is 12.7 Å². The molecule has 0 atom stereocenters. The monoisotopic (exact) mass is 286 g/mol. The summed E-state index contributed by atoms with van der Waals surface area (Å²) in [4.78, 5) is 12.2. The normalized spacial score (nSPS) is 10.7. The summed E-state index contributed by atoms with van der Waals surface area (Å²) in [5.74, 6) is 0.0877. The molecule has 2 aromatic carbocycles. The van der Waals surface area contributed by atoms with E-state index in [4.69, 9.17) is 4.74 Å². The summed E-state index contributed by atoms with van der Waals surface area (Å²) < 4.78 is 18.8. The Balaban J connectivity index is 2.14. The highest BCUT2D eigenvalue weighted by Gasteiger charge is 2.13. The first kappa shape index (κ1) is 15.2. The molecule has 0 radical (unpaired) electrons. The maximum Gasteiger partial charge on any atom is 0.170 e. The number of benzene rings is 2. The second-order valence-corrected chi connectivity index (χ2v) is 5.34. The summed E-state index contributed by atoms with van der Waals surface area (Å²) in [6, 6.07) is 12.2. The van der Waals surface area contributed by atoms with Crippen LogP contribution in [-0.4, -0.2) is 12.9 Å². The smallest absolute Gasteiger partial charge is 0.170 e. The van der Waals surface area contributed by atoms with E-state index in [-0.39, 0.29) is 17.8 Å². The van der Waals surface area contributed by atoms with E-state index < -0.39 is 5.82 Å². The summed E-state index contributed by atoms with van der Waals surface area (Å²) in [6.07, 6.45) is 0.196. The first-order valence-electron chi connectivity index (χ1n) is 6.97. The quantitative estimate of drug-likeness (QED) is 0.762. The van der Waals surface area contributed by atoms with Gasteiger partial charge in [0, 0.05) is 12.5 Å². The van der Waals surface area contributed by atoms with Crippen LogP contribution in [0.15, 0.2) is 42.5 Å². The zero-order valence-electron chi connectivity index (χ0n) is 12.5. The standard InChI is InChI=1S/C18H19FO2/c1-12(2)14-6-4-13(5-7-14)10-18(20)16-9-8-15(21-3)11-17(16)19/h4-9,11-12H,10H2,1-3H3. The molecule has 3 heteroatoms. The van der Waals surface area contributed by atoms with Crippen LogP contribution >= 0.6 is 0 Å². The van der Waals surface area contributed by atoms with Crippen LogP contribution in [0.5, 0.6) is 5.75 Å². The van der Waals surface area contributed by atoms with Gasteiger partial charge >= 0.3 is 0 Å². The summed E-state index contributed by atoms with van der Waals surface area (Å²) in [7, 11) is 1.46. The summed E-state index contributed by atoms with van der Waals surface area (Å²) >= 11 is 0. The van der Waals surface area contributed by atoms with Crippen molar-refractivity contribution in [1.29, 1.82) is 0 Å². The average molecular weight is 286 g/mol. The highest BCUT2D eigenvalue weighted by Crippen LogP contribution is 2.19. The van der Waals surface area contributed by atoms with Crippen LogP contribution in [0.25, 0.3) is 0 Å². The van der Waals surface area contributed by atoms with E-state index in [0.29, 0.717) is 11.7 Å². The van der Waals surface area contributed by atoms with E-state index in [9.17, 15) is 9.18 Å². The Kier molecular flexibility index (Phi) is 4.73. The minimum Gasteiger partial charge on any atom is -0.497 e. The Morgan fingerprint density at radius 1 is 1.14 bits per heavy atom. The van der Waals surface area contributed by atoms with E-state index >= 15 is 0 Å². The second-order valence-electron chi connectivity index (χ2n) is 5.34. The van der Waals surface area contributed by atoms with Crippen LogP contribution in [0, 0.1) is 5.82 Å². The number of hydrogen-bond donors (Lipinski definition) is 0. The highest BCUT2D eigenvalue weighted by molar-refractivity contribution is 5.97. The van der Waals surface area contributed by atoms with Gasteiger partial charge in [0.15, 0.2) is 5.78 Å². The Morgan fingerprint density at radius 3 is 2.33 bits per heavy atom. The van der Waals surface area contributed by atoms with Crippen molar-refractivity contribution < 1.29 is 13.9 Å². The van der Waals surface area contributed by atoms with Crippen molar-refractivity contribution in [1.82, 2.24) is 0 Å². The summed E-state index contributed by atoms with van der Waals surface area (Å²) in [6.45, 7) is 4.24. The van der Waals surface area contributed by atoms with Gasteiger partial charge in [0.1, 0.15) is 11.6 Å². The fourth-order valence-electron chi connectivity index (χ4n) is 2.15. The molecular weight excluding hydrogens is 267 g/mol. The number of ether oxygens (including phenoxy) is 1. The molecule has 0 aliphatic heterocycles. The van der Waals surface area contributed by atoms with Gasteiger partial charge in [-0.15, -0.1) is 0 Å². The van der Waals surface area contributed by atoms with Gasteiger partial charge in [-0.25, -0.2) is 4.39 Å². The zero-order chi connectivity index (χ0) is 15.4. The first-order chi connectivity index (χ1) is 10.0. The van der Waals surface area contributed by atoms with Crippen LogP contribution in [0.3, 0.4) is 0 Å². The van der Waals surface area contributed by atoms with Crippen LogP contribution in [0.2, 0.25) is 0 Å². The van der Waals surface area contributed by atoms with Crippen molar-refractivity contribution in [3.63, 3.8) is 0 Å². The van der Waals surface area contributed by atoms with Gasteiger partial charge in [-0.3, -0.25) is 4.79 Å². The largest absolute Gasteiger partial charge is 0.497 e. The topological polar surface area (TPSA) is 26.3 Å². The van der Waals surface area contributed by atoms with Crippen molar-refractivity contribution in [2.45, 2.75) is 26.2 Å². The maximum absolute atomic E-state index is 13.9. The van der Waals surface area contributed by atoms with E-state index in [0.717, 1.165) is 5.56 Å². The minimum atomic E-state index is -0.543. The van der Waals surface area contributed by atoms with Crippen LogP contribution in [0.1, 0.15) is 41.3 Å². The molecule has 2 aromatic rings. The Labute approximate surface area is 124 Å². The SMILES string of the molecule is COc1ccc(C(=O)Cc2ccc(C(C)C)cc2)c(F)c1. The minimum absolute atomic E-state index is 0.101. The number of halogens is 1. The molecule has 0 aliphatic rings. The zero-order valence-corrected chi connectivity index (χ0v) is 12.5. The van der Waals surface area contributed by atoms with Crippen LogP contribution in [-0.2, 0) is 6.42 Å². The van der Waals surface area contributed by atoms with E-state index in [1.165, 1.54) is 24.8 Å². The number of rotatable bonds is 5. The number of carbonyl (C=O) groups excluding carboxylic acids is 1. The maximum atomic E-state index is 13.9. The molecule has 110 valence electrons. The second kappa shape index (κ2) is 6.53. The molecule has 0 bridgehead atoms. The lowest BCUT2D eigenvalue weighted by atomic mass is 9.98. The molecule has 0 amide bonds. The van der Waals surface area contributed by atoms with Crippen molar-refractivity contribution in [3.8, 4) is 5.75 Å². The third-order valence-electron chi connectivity index (χ3n) is 3.49. The molecule has 0 unspecified atom stereocenters. The number of ketones is 1. The lowest BCUT2D eigenvalue weighted by molar-refractivity contribution is 0.0989. The summed E-state index contributed by atoms with van der Waals surface area (Å²) in [5, 5.41) is 0. The molecule has 0 fully saturated rings. The van der Waals surface area contributed by atoms with Gasteiger partial charge in [-0.05, 0) is 29.2 Å². The van der Waals surface area contributed by atoms with E-state index in [1.54, 1.807) is 6.07 Å². The number of methoxy groups -OCH3 is 1. The van der Waals surface area contributed by atoms with Gasteiger partial charge in [0.2, 0.25) is 0 Å². The van der Waals surface area contributed by atoms with Gasteiger partial charge in [-0.1, -0.05) is 38.1 Å². The predicted octanol–water partition coefficient (Wildman–Crippen LogP) is 4.38. The molecule has 0 saturated carbocycles. The average Bonchev–Trinajstić information content (AvgIpc) is 2.47. The van der Waals surface area contributed by atoms with Crippen LogP contribution in [0.4, 0.5) is 4.39 Å². The van der Waals surface area contributed by atoms with Crippen molar-refractivity contribution in [2.24, 2.45) is 0 Å². The fraction of sp³-hybridized carbons (Fsp3) is 0.278. The lowest BCUT2D eigenvalue weighted by Gasteiger charge is -2.08. The van der Waals surface area contributed by atoms with Gasteiger partial charge in [-0.2, -0.15) is 0 Å². The predicted molar refractivity (Wildman–Crippen MR) is 81.5 cm³/mol. The molecule has 0 spiro atoms. The van der Waals surface area contributed by atoms with Crippen molar-refractivity contribution in [2.75, 3.05) is 7.11 Å². The van der Waals surface area contributed by atoms with Crippen LogP contribution < -0.4 is 4.74 Å². The Hall–Kier alpha value is -2.16. The first-order valence-corrected chi connectivity index (χ1v) is 6.97. The molecular formula is C18H19FO2. The molecule has 0 aromatic heterocycles. The molecule has 0 heterocycles. The van der Waals surface area contributed by atoms with Crippen molar-refractivity contribution >= 4 is 5.78 Å². The van der Waals surface area contributed by atoms with Gasteiger partial charge in [0.25, 0.3) is 0 Å². The molecule has 2 rings (SSSR count). The number of Topliss-reactive ketones (excluding diaryl/α,β-unsaturated/α-hetero) is 1.